The van der Waals surface area contributed by atoms with Crippen molar-refractivity contribution in [2.24, 2.45) is 5.41 Å². The van der Waals surface area contributed by atoms with Crippen molar-refractivity contribution in [2.45, 2.75) is 20.8 Å². The summed E-state index contributed by atoms with van der Waals surface area (Å²) in [6.45, 7) is 19.1. The minimum Gasteiger partial charge on any atom is -0.259 e. The average Bonchev–Trinajstić information content (AvgIpc) is 3.02. The van der Waals surface area contributed by atoms with Crippen LogP contribution in [0.3, 0.4) is 0 Å². The Labute approximate surface area is 252 Å². The molecule has 0 aliphatic rings. The van der Waals surface area contributed by atoms with Crippen molar-refractivity contribution in [1.29, 1.82) is 5.26 Å². The second kappa shape index (κ2) is 23.8. The molecule has 4 rings (SSSR count). The summed E-state index contributed by atoms with van der Waals surface area (Å²) in [4.78, 5) is 0. The van der Waals surface area contributed by atoms with Crippen LogP contribution in [0.5, 0.6) is 0 Å². The number of rotatable bonds is 6. The molecule has 0 aliphatic heterocycles. The molecule has 0 spiro atoms. The Morgan fingerprint density at radius 1 is 0.525 bits per heavy atom. The summed E-state index contributed by atoms with van der Waals surface area (Å²) in [6.07, 6.45) is 0. The molecule has 40 heavy (non-hydrogen) atoms. The fraction of sp³-hybridized carbons (Fsp3) is 0.121. The quantitative estimate of drug-likeness (QED) is 0.103. The van der Waals surface area contributed by atoms with E-state index in [1.807, 2.05) is 20.8 Å². The molecule has 0 amide bonds. The van der Waals surface area contributed by atoms with E-state index in [1.165, 1.54) is 21.2 Å². The first-order valence-corrected chi connectivity index (χ1v) is 14.5. The van der Waals surface area contributed by atoms with E-state index in [2.05, 4.69) is 153 Å². The minimum atomic E-state index is -0.534. The van der Waals surface area contributed by atoms with E-state index in [-0.39, 0.29) is 22.5 Å². The van der Waals surface area contributed by atoms with Crippen LogP contribution in [0.25, 0.3) is 0 Å². The van der Waals surface area contributed by atoms with Crippen LogP contribution >= 0.6 is 15.8 Å². The number of benzene rings is 4. The van der Waals surface area contributed by atoms with Gasteiger partial charge in [-0.05, 0) is 20.8 Å². The van der Waals surface area contributed by atoms with Crippen LogP contribution in [0.15, 0.2) is 121 Å². The van der Waals surface area contributed by atoms with Crippen molar-refractivity contribution in [2.75, 3.05) is 0 Å². The molecule has 0 unspecified atom stereocenters. The van der Waals surface area contributed by atoms with Gasteiger partial charge in [-0.15, -0.1) is 0 Å². The molecule has 0 aliphatic carbocycles. The molecule has 4 aromatic carbocycles. The maximum Gasteiger partial charge on any atom is 0 e. The molecule has 0 N–H and O–H groups in total. The molecular formula is C33H30MnNO3P2-. The van der Waals surface area contributed by atoms with Gasteiger partial charge in [0.25, 0.3) is 0 Å². The van der Waals surface area contributed by atoms with Gasteiger partial charge in [0.15, 0.2) is 0 Å². The molecule has 0 atom stereocenters. The van der Waals surface area contributed by atoms with Crippen molar-refractivity contribution in [1.82, 2.24) is 0 Å². The summed E-state index contributed by atoms with van der Waals surface area (Å²) in [5.74, 6) is 2.61. The summed E-state index contributed by atoms with van der Waals surface area (Å²) < 4.78 is 22.5. The van der Waals surface area contributed by atoms with Gasteiger partial charge in [0, 0.05) is 22.5 Å². The van der Waals surface area contributed by atoms with E-state index in [0.717, 1.165) is 0 Å². The van der Waals surface area contributed by atoms with Gasteiger partial charge < -0.3 is 0 Å². The maximum absolute atomic E-state index is 8.15. The molecule has 0 fully saturated rings. The van der Waals surface area contributed by atoms with Gasteiger partial charge in [0.05, 0.1) is 6.07 Å². The summed E-state index contributed by atoms with van der Waals surface area (Å²) in [5.41, 5.74) is -0.153. The third kappa shape index (κ3) is 14.9. The van der Waals surface area contributed by atoms with Crippen LogP contribution in [-0.2, 0) is 31.0 Å². The maximum atomic E-state index is 8.15. The molecule has 0 heterocycles. The third-order valence-corrected chi connectivity index (χ3v) is 9.97. The van der Waals surface area contributed by atoms with Crippen LogP contribution in [0.1, 0.15) is 20.8 Å². The Morgan fingerprint density at radius 3 is 0.850 bits per heavy atom. The predicted octanol–water partition coefficient (Wildman–Crippen LogP) is 6.81. The van der Waals surface area contributed by atoms with Crippen molar-refractivity contribution >= 4 is 37.1 Å². The molecular weight excluding hydrogens is 575 g/mol. The van der Waals surface area contributed by atoms with Gasteiger partial charge in [0.2, 0.25) is 0 Å². The van der Waals surface area contributed by atoms with E-state index in [1.54, 1.807) is 0 Å². The van der Waals surface area contributed by atoms with E-state index in [9.17, 15) is 0 Å². The van der Waals surface area contributed by atoms with E-state index in [0.29, 0.717) is 0 Å². The second-order valence-electron chi connectivity index (χ2n) is 8.56. The minimum absolute atomic E-state index is 0. The molecule has 4 nitrogen and oxygen atoms in total. The van der Waals surface area contributed by atoms with Gasteiger partial charge in [-0.2, -0.15) is 21.1 Å². The Kier molecular flexibility index (Phi) is 23.3. The van der Waals surface area contributed by atoms with Crippen LogP contribution in [-0.4, -0.2) is 0 Å². The van der Waals surface area contributed by atoms with Crippen molar-refractivity contribution < 1.29 is 31.0 Å². The van der Waals surface area contributed by atoms with Gasteiger partial charge in [0.1, 0.15) is 0 Å². The summed E-state index contributed by atoms with van der Waals surface area (Å²) in [7, 11) is -1.07. The second-order valence-corrected chi connectivity index (χ2v) is 13.0. The van der Waals surface area contributed by atoms with Crippen molar-refractivity contribution in [3.63, 3.8) is 0 Å². The zero-order valence-corrected chi connectivity index (χ0v) is 25.5. The van der Waals surface area contributed by atoms with E-state index >= 15 is 0 Å². The van der Waals surface area contributed by atoms with Gasteiger partial charge in [-0.3, -0.25) is 5.90 Å². The van der Waals surface area contributed by atoms with E-state index < -0.39 is 15.8 Å². The Balaban J connectivity index is 0. The number of nitriles is 1. The Bertz CT molecular complexity index is 1100. The van der Waals surface area contributed by atoms with Crippen LogP contribution in [0.2, 0.25) is 0 Å². The summed E-state index contributed by atoms with van der Waals surface area (Å²) >= 11 is 0. The van der Waals surface area contributed by atoms with Gasteiger partial charge in [-0.25, -0.2) is 0 Å². The van der Waals surface area contributed by atoms with Crippen molar-refractivity contribution in [3.8, 4) is 6.07 Å². The predicted molar refractivity (Wildman–Crippen MR) is 159 cm³/mol. The number of hydrogen-bond donors (Lipinski definition) is 0. The largest absolute Gasteiger partial charge is 0.259 e. The first-order chi connectivity index (χ1) is 19.0. The average molecular weight is 605 g/mol. The molecule has 4 aromatic rings. The Hall–Kier alpha value is -3.03. The van der Waals surface area contributed by atoms with Crippen LogP contribution in [0, 0.1) is 42.6 Å². The van der Waals surface area contributed by atoms with Gasteiger partial charge >= 0.3 is 33.9 Å². The van der Waals surface area contributed by atoms with E-state index in [4.69, 9.17) is 19.2 Å². The SMILES string of the molecule is CC(C)(C)C#N.[C-]#[O+].[C-]#[O+].[C-]#[O+].[Mn].c1ccc(P([CH-]P(c2ccccc2)c2ccccc2)c2ccccc2)cc1. The summed E-state index contributed by atoms with van der Waals surface area (Å²) in [6, 6.07) is 45.8. The normalized spacial score (nSPS) is 9.15. The van der Waals surface area contributed by atoms with Gasteiger partial charge in [-0.1, -0.05) is 143 Å². The molecule has 1 radical (unpaired) electrons. The molecule has 0 bridgehead atoms. The molecule has 203 valence electrons. The fourth-order valence-corrected chi connectivity index (χ4v) is 8.66. The fourth-order valence-electron chi connectivity index (χ4n) is 3.03. The summed E-state index contributed by atoms with van der Waals surface area (Å²) in [5, 5.41) is 13.8. The molecule has 0 saturated heterocycles. The number of nitrogens with zero attached hydrogens (tertiary/aromatic N) is 1. The smallest absolute Gasteiger partial charge is 0 e. The zero-order chi connectivity index (χ0) is 29.5. The Morgan fingerprint density at radius 2 is 0.700 bits per heavy atom. The van der Waals surface area contributed by atoms with Crippen LogP contribution in [0.4, 0.5) is 0 Å². The number of hydrogen-bond acceptors (Lipinski definition) is 1. The topological polar surface area (TPSA) is 83.5 Å². The molecule has 0 aromatic heterocycles. The van der Waals surface area contributed by atoms with Crippen LogP contribution < -0.4 is 21.2 Å². The first-order valence-electron chi connectivity index (χ1n) is 11.6. The third-order valence-electron chi connectivity index (χ3n) is 4.70. The first kappa shape index (κ1) is 39.1. The monoisotopic (exact) mass is 605 g/mol. The molecule has 7 heteroatoms. The molecule has 0 saturated carbocycles. The zero-order valence-electron chi connectivity index (χ0n) is 22.6. The standard InChI is InChI=1S/C25H21P2.C5H9N.3CO.Mn/c1-5-13-22(14-6-1)26(23-15-7-2-8-16-23)21-27(24-17-9-3-10-18-24)25-19-11-4-12-20-25;1-5(2,3)4-6;3*1-2;/h1-21H;1-3H3;;;;/q-1;;;;;. The van der Waals surface area contributed by atoms with Crippen molar-refractivity contribution in [3.05, 3.63) is 147 Å².